The molecule has 146 valence electrons. The van der Waals surface area contributed by atoms with Gasteiger partial charge < -0.3 is 15.0 Å². The molecule has 1 aromatic heterocycles. The average molecular weight is 372 g/mol. The van der Waals surface area contributed by atoms with E-state index >= 15 is 0 Å². The first-order valence-electron chi connectivity index (χ1n) is 9.78. The lowest BCUT2D eigenvalue weighted by molar-refractivity contribution is 0.0694. The Morgan fingerprint density at radius 3 is 2.59 bits per heavy atom. The van der Waals surface area contributed by atoms with E-state index < -0.39 is 5.97 Å². The van der Waals surface area contributed by atoms with E-state index in [9.17, 15) is 14.3 Å². The number of rotatable bonds is 6. The molecule has 0 bridgehead atoms. The number of nitrogens with one attached hydrogen (secondary N) is 1. The fourth-order valence-corrected chi connectivity index (χ4v) is 4.34. The van der Waals surface area contributed by atoms with Crippen LogP contribution in [-0.4, -0.2) is 21.7 Å². The van der Waals surface area contributed by atoms with Crippen LogP contribution in [0.2, 0.25) is 0 Å². The number of carbonyl (C=O) groups is 1. The molecule has 2 aromatic rings. The van der Waals surface area contributed by atoms with Crippen molar-refractivity contribution in [3.05, 3.63) is 58.2 Å². The predicted octanol–water partition coefficient (Wildman–Crippen LogP) is 4.66. The van der Waals surface area contributed by atoms with Crippen molar-refractivity contribution in [1.29, 1.82) is 0 Å². The third-order valence-electron chi connectivity index (χ3n) is 6.06. The lowest BCUT2D eigenvalue weighted by atomic mass is 9.86. The molecule has 0 radical (unpaired) electrons. The molecular formula is C22H29FN2O2. The maximum absolute atomic E-state index is 14.1. The maximum Gasteiger partial charge on any atom is 0.337 e. The largest absolute Gasteiger partial charge is 0.478 e. The topological polar surface area (TPSA) is 54.3 Å². The van der Waals surface area contributed by atoms with Crippen LogP contribution in [0.15, 0.2) is 24.3 Å². The van der Waals surface area contributed by atoms with Crippen molar-refractivity contribution >= 4 is 5.97 Å². The summed E-state index contributed by atoms with van der Waals surface area (Å²) < 4.78 is 16.0. The Labute approximate surface area is 160 Å². The highest BCUT2D eigenvalue weighted by atomic mass is 19.1. The highest BCUT2D eigenvalue weighted by Gasteiger charge is 2.25. The van der Waals surface area contributed by atoms with Gasteiger partial charge in [0, 0.05) is 35.1 Å². The van der Waals surface area contributed by atoms with Gasteiger partial charge in [0.15, 0.2) is 0 Å². The molecule has 1 saturated carbocycles. The summed E-state index contributed by atoms with van der Waals surface area (Å²) in [6, 6.07) is 7.08. The molecule has 1 aliphatic carbocycles. The molecule has 1 aliphatic rings. The third-order valence-corrected chi connectivity index (χ3v) is 6.06. The van der Waals surface area contributed by atoms with Crippen LogP contribution in [-0.2, 0) is 13.1 Å². The van der Waals surface area contributed by atoms with Gasteiger partial charge in [-0.1, -0.05) is 38.0 Å². The van der Waals surface area contributed by atoms with E-state index in [1.54, 1.807) is 18.2 Å². The highest BCUT2D eigenvalue weighted by Crippen LogP contribution is 2.27. The second-order valence-corrected chi connectivity index (χ2v) is 7.76. The summed E-state index contributed by atoms with van der Waals surface area (Å²) in [7, 11) is 0. The molecule has 0 spiro atoms. The minimum atomic E-state index is -0.920. The van der Waals surface area contributed by atoms with Crippen LogP contribution >= 0.6 is 0 Å². The predicted molar refractivity (Wildman–Crippen MR) is 105 cm³/mol. The Morgan fingerprint density at radius 2 is 1.93 bits per heavy atom. The van der Waals surface area contributed by atoms with Crippen LogP contribution in [0.1, 0.15) is 65.5 Å². The van der Waals surface area contributed by atoms with Crippen molar-refractivity contribution in [2.75, 3.05) is 0 Å². The summed E-state index contributed by atoms with van der Waals surface area (Å²) in [5, 5.41) is 13.4. The maximum atomic E-state index is 14.1. The van der Waals surface area contributed by atoms with E-state index in [4.69, 9.17) is 0 Å². The van der Waals surface area contributed by atoms with E-state index in [1.807, 2.05) is 18.4 Å². The molecule has 1 heterocycles. The van der Waals surface area contributed by atoms with Crippen LogP contribution < -0.4 is 5.32 Å². The molecule has 2 atom stereocenters. The van der Waals surface area contributed by atoms with Crippen molar-refractivity contribution in [2.24, 2.45) is 5.92 Å². The lowest BCUT2D eigenvalue weighted by Gasteiger charge is -2.29. The molecule has 5 heteroatoms. The van der Waals surface area contributed by atoms with Gasteiger partial charge >= 0.3 is 5.97 Å². The van der Waals surface area contributed by atoms with E-state index in [1.165, 1.54) is 25.3 Å². The molecular weight excluding hydrogens is 343 g/mol. The summed E-state index contributed by atoms with van der Waals surface area (Å²) >= 11 is 0. The monoisotopic (exact) mass is 372 g/mol. The number of carboxylic acids is 1. The van der Waals surface area contributed by atoms with E-state index in [2.05, 4.69) is 12.2 Å². The second kappa shape index (κ2) is 8.26. The van der Waals surface area contributed by atoms with Crippen LogP contribution in [0.5, 0.6) is 0 Å². The quantitative estimate of drug-likeness (QED) is 0.775. The van der Waals surface area contributed by atoms with Crippen LogP contribution in [0.4, 0.5) is 4.39 Å². The minimum absolute atomic E-state index is 0.266. The number of hydrogen-bond acceptors (Lipinski definition) is 2. The Kier molecular flexibility index (Phi) is 6.00. The van der Waals surface area contributed by atoms with Gasteiger partial charge in [-0.25, -0.2) is 9.18 Å². The normalized spacial score (nSPS) is 20.0. The van der Waals surface area contributed by atoms with Gasteiger partial charge in [0.05, 0.1) is 12.1 Å². The first-order valence-corrected chi connectivity index (χ1v) is 9.78. The fraction of sp³-hybridized carbons (Fsp3) is 0.500. The molecule has 1 aromatic carbocycles. The minimum Gasteiger partial charge on any atom is -0.478 e. The van der Waals surface area contributed by atoms with Gasteiger partial charge in [-0.15, -0.1) is 0 Å². The zero-order valence-corrected chi connectivity index (χ0v) is 16.4. The standard InChI is InChI=1S/C22H29FN2O2/c1-14-8-4-7-11-20(14)24-12-18-15(2)25(16(3)21(18)22(26)27)13-17-9-5-6-10-19(17)23/h5-6,9-10,14,20,24H,4,7-8,11-13H2,1-3H3,(H,26,27)/t14-,20+/m0/s1. The first kappa shape index (κ1) is 19.6. The van der Waals surface area contributed by atoms with E-state index in [0.29, 0.717) is 41.9 Å². The van der Waals surface area contributed by atoms with Gasteiger partial charge in [-0.05, 0) is 38.7 Å². The number of aromatic nitrogens is 1. The molecule has 1 fully saturated rings. The number of benzene rings is 1. The van der Waals surface area contributed by atoms with Gasteiger partial charge in [-0.2, -0.15) is 0 Å². The molecule has 2 N–H and O–H groups in total. The van der Waals surface area contributed by atoms with Crippen LogP contribution in [0, 0.1) is 25.6 Å². The number of halogens is 1. The SMILES string of the molecule is Cc1c(CN[C@@H]2CCCC[C@@H]2C)c(C(=O)O)c(C)n1Cc1ccccc1F. The number of nitrogens with zero attached hydrogens (tertiary/aromatic N) is 1. The van der Waals surface area contributed by atoms with Crippen molar-refractivity contribution in [1.82, 2.24) is 9.88 Å². The van der Waals surface area contributed by atoms with E-state index in [-0.39, 0.29) is 5.82 Å². The summed E-state index contributed by atoms with van der Waals surface area (Å²) in [6.45, 7) is 6.88. The number of carboxylic acid groups (broad SMARTS) is 1. The number of aromatic carboxylic acids is 1. The van der Waals surface area contributed by atoms with Gasteiger partial charge in [-0.3, -0.25) is 0 Å². The lowest BCUT2D eigenvalue weighted by Crippen LogP contribution is -2.37. The first-order chi connectivity index (χ1) is 12.9. The Balaban J connectivity index is 1.89. The van der Waals surface area contributed by atoms with Crippen molar-refractivity contribution in [3.8, 4) is 0 Å². The zero-order chi connectivity index (χ0) is 19.6. The van der Waals surface area contributed by atoms with Gasteiger partial charge in [0.2, 0.25) is 0 Å². The Bertz CT molecular complexity index is 828. The Morgan fingerprint density at radius 1 is 1.22 bits per heavy atom. The molecule has 0 amide bonds. The molecule has 0 unspecified atom stereocenters. The second-order valence-electron chi connectivity index (χ2n) is 7.76. The number of hydrogen-bond donors (Lipinski definition) is 2. The van der Waals surface area contributed by atoms with E-state index in [0.717, 1.165) is 17.7 Å². The van der Waals surface area contributed by atoms with Crippen LogP contribution in [0.25, 0.3) is 0 Å². The smallest absolute Gasteiger partial charge is 0.337 e. The molecule has 0 saturated heterocycles. The molecule has 0 aliphatic heterocycles. The van der Waals surface area contributed by atoms with Crippen LogP contribution in [0.3, 0.4) is 0 Å². The summed E-state index contributed by atoms with van der Waals surface area (Å²) in [4.78, 5) is 11.9. The summed E-state index contributed by atoms with van der Waals surface area (Å²) in [5.74, 6) is -0.581. The van der Waals surface area contributed by atoms with Crippen molar-refractivity contribution in [3.63, 3.8) is 0 Å². The fourth-order valence-electron chi connectivity index (χ4n) is 4.34. The zero-order valence-electron chi connectivity index (χ0n) is 16.4. The molecule has 4 nitrogen and oxygen atoms in total. The Hall–Kier alpha value is -2.14. The van der Waals surface area contributed by atoms with Crippen molar-refractivity contribution in [2.45, 2.75) is 65.6 Å². The third kappa shape index (κ3) is 4.08. The average Bonchev–Trinajstić information content (AvgIpc) is 2.87. The summed E-state index contributed by atoms with van der Waals surface area (Å²) in [6.07, 6.45) is 4.85. The highest BCUT2D eigenvalue weighted by molar-refractivity contribution is 5.91. The van der Waals surface area contributed by atoms with Gasteiger partial charge in [0.25, 0.3) is 0 Å². The summed E-state index contributed by atoms with van der Waals surface area (Å²) in [5.41, 5.74) is 3.30. The molecule has 27 heavy (non-hydrogen) atoms. The molecule has 3 rings (SSSR count). The van der Waals surface area contributed by atoms with Gasteiger partial charge in [0.1, 0.15) is 5.82 Å². The van der Waals surface area contributed by atoms with Crippen molar-refractivity contribution < 1.29 is 14.3 Å².